The van der Waals surface area contributed by atoms with E-state index in [-0.39, 0.29) is 17.6 Å². The number of halogens is 1. The standard InChI is InChI=1S/C22H23FN4O/c1-14-2-5-19(23)12-20(14)17-4-3-16-11-21(25-13-18(16)10-17)26-22(28)15-6-8-27(24)9-7-15/h2-5,10-13,15H,6-9,24H2,1H3,(H,25,26,28). The van der Waals surface area contributed by atoms with Gasteiger partial charge < -0.3 is 5.32 Å². The van der Waals surface area contributed by atoms with Crippen molar-refractivity contribution >= 4 is 22.5 Å². The van der Waals surface area contributed by atoms with E-state index in [0.29, 0.717) is 5.82 Å². The first-order chi connectivity index (χ1) is 13.5. The lowest BCUT2D eigenvalue weighted by Crippen LogP contribution is -2.41. The zero-order chi connectivity index (χ0) is 19.7. The van der Waals surface area contributed by atoms with Crippen LogP contribution in [-0.4, -0.2) is 29.0 Å². The molecule has 0 radical (unpaired) electrons. The number of hydrogen-bond donors (Lipinski definition) is 2. The molecule has 0 saturated carbocycles. The van der Waals surface area contributed by atoms with Gasteiger partial charge in [0.1, 0.15) is 11.6 Å². The Hall–Kier alpha value is -2.83. The van der Waals surface area contributed by atoms with Gasteiger partial charge in [-0.25, -0.2) is 14.4 Å². The molecule has 1 amide bonds. The van der Waals surface area contributed by atoms with Gasteiger partial charge in [0.15, 0.2) is 0 Å². The van der Waals surface area contributed by atoms with Crippen LogP contribution in [0.15, 0.2) is 48.7 Å². The van der Waals surface area contributed by atoms with Crippen LogP contribution in [0.25, 0.3) is 21.9 Å². The molecule has 0 spiro atoms. The molecule has 2 aromatic carbocycles. The third-order valence-electron chi connectivity index (χ3n) is 5.38. The Morgan fingerprint density at radius 3 is 2.71 bits per heavy atom. The predicted octanol–water partition coefficient (Wildman–Crippen LogP) is 3.87. The number of amides is 1. The minimum atomic E-state index is -0.252. The molecule has 0 bridgehead atoms. The molecule has 3 aromatic rings. The summed E-state index contributed by atoms with van der Waals surface area (Å²) in [5.41, 5.74) is 2.82. The van der Waals surface area contributed by atoms with Crippen molar-refractivity contribution in [1.29, 1.82) is 0 Å². The largest absolute Gasteiger partial charge is 0.310 e. The third-order valence-corrected chi connectivity index (χ3v) is 5.38. The first-order valence-electron chi connectivity index (χ1n) is 9.46. The van der Waals surface area contributed by atoms with Gasteiger partial charge >= 0.3 is 0 Å². The Labute approximate surface area is 163 Å². The summed E-state index contributed by atoms with van der Waals surface area (Å²) in [5, 5.41) is 6.58. The van der Waals surface area contributed by atoms with Gasteiger partial charge in [-0.2, -0.15) is 0 Å². The summed E-state index contributed by atoms with van der Waals surface area (Å²) in [6.45, 7) is 3.42. The van der Waals surface area contributed by atoms with Crippen LogP contribution in [0, 0.1) is 18.7 Å². The van der Waals surface area contributed by atoms with E-state index in [2.05, 4.69) is 10.3 Å². The fourth-order valence-electron chi connectivity index (χ4n) is 3.67. The molecule has 28 heavy (non-hydrogen) atoms. The number of fused-ring (bicyclic) bond motifs is 1. The molecule has 1 aromatic heterocycles. The molecule has 1 aliphatic heterocycles. The van der Waals surface area contributed by atoms with E-state index in [9.17, 15) is 9.18 Å². The third kappa shape index (κ3) is 3.88. The number of carbonyl (C=O) groups excluding carboxylic acids is 1. The summed E-state index contributed by atoms with van der Waals surface area (Å²) in [6.07, 6.45) is 3.25. The van der Waals surface area contributed by atoms with Crippen LogP contribution in [0.2, 0.25) is 0 Å². The molecule has 0 aliphatic carbocycles. The molecule has 3 N–H and O–H groups in total. The summed E-state index contributed by atoms with van der Waals surface area (Å²) in [7, 11) is 0. The zero-order valence-corrected chi connectivity index (χ0v) is 15.8. The first-order valence-corrected chi connectivity index (χ1v) is 9.46. The van der Waals surface area contributed by atoms with Crippen molar-refractivity contribution in [3.8, 4) is 11.1 Å². The van der Waals surface area contributed by atoms with Crippen LogP contribution >= 0.6 is 0 Å². The number of aryl methyl sites for hydroxylation is 1. The lowest BCUT2D eigenvalue weighted by Gasteiger charge is -2.27. The highest BCUT2D eigenvalue weighted by Crippen LogP contribution is 2.28. The van der Waals surface area contributed by atoms with Gasteiger partial charge in [-0.05, 0) is 66.1 Å². The number of piperidine rings is 1. The van der Waals surface area contributed by atoms with Gasteiger partial charge in [0.25, 0.3) is 0 Å². The minimum Gasteiger partial charge on any atom is -0.310 e. The maximum Gasteiger partial charge on any atom is 0.228 e. The molecule has 4 rings (SSSR count). The number of pyridine rings is 1. The number of nitrogens with one attached hydrogen (secondary N) is 1. The number of benzene rings is 2. The van der Waals surface area contributed by atoms with Crippen LogP contribution in [0.4, 0.5) is 10.2 Å². The molecule has 1 saturated heterocycles. The second-order valence-electron chi connectivity index (χ2n) is 7.39. The van der Waals surface area contributed by atoms with Crippen molar-refractivity contribution in [3.63, 3.8) is 0 Å². The smallest absolute Gasteiger partial charge is 0.228 e. The maximum atomic E-state index is 13.6. The van der Waals surface area contributed by atoms with Crippen molar-refractivity contribution in [2.45, 2.75) is 19.8 Å². The van der Waals surface area contributed by atoms with E-state index in [1.165, 1.54) is 6.07 Å². The average molecular weight is 378 g/mol. The summed E-state index contributed by atoms with van der Waals surface area (Å²) in [4.78, 5) is 16.9. The number of carbonyl (C=O) groups is 1. The second kappa shape index (κ2) is 7.66. The molecule has 6 heteroatoms. The number of anilines is 1. The number of nitrogens with zero attached hydrogens (tertiary/aromatic N) is 2. The number of rotatable bonds is 3. The summed E-state index contributed by atoms with van der Waals surface area (Å²) in [6, 6.07) is 12.6. The normalized spacial score (nSPS) is 15.7. The van der Waals surface area contributed by atoms with Crippen molar-refractivity contribution in [2.24, 2.45) is 11.8 Å². The second-order valence-corrected chi connectivity index (χ2v) is 7.39. The summed E-state index contributed by atoms with van der Waals surface area (Å²) >= 11 is 0. The highest BCUT2D eigenvalue weighted by molar-refractivity contribution is 5.95. The fraction of sp³-hybridized carbons (Fsp3) is 0.273. The Morgan fingerprint density at radius 2 is 1.93 bits per heavy atom. The summed E-state index contributed by atoms with van der Waals surface area (Å²) in [5.74, 6) is 6.00. The van der Waals surface area contributed by atoms with Crippen molar-refractivity contribution < 1.29 is 9.18 Å². The number of aromatic nitrogens is 1. The highest BCUT2D eigenvalue weighted by atomic mass is 19.1. The molecule has 1 fully saturated rings. The van der Waals surface area contributed by atoms with Crippen LogP contribution in [0.3, 0.4) is 0 Å². The van der Waals surface area contributed by atoms with Gasteiger partial charge in [-0.3, -0.25) is 10.6 Å². The Balaban J connectivity index is 1.55. The molecular weight excluding hydrogens is 355 g/mol. The van der Waals surface area contributed by atoms with E-state index in [1.807, 2.05) is 31.2 Å². The monoisotopic (exact) mass is 378 g/mol. The van der Waals surface area contributed by atoms with Crippen LogP contribution in [0.1, 0.15) is 18.4 Å². The van der Waals surface area contributed by atoms with Gasteiger partial charge in [0, 0.05) is 30.6 Å². The van der Waals surface area contributed by atoms with Crippen LogP contribution in [-0.2, 0) is 4.79 Å². The minimum absolute atomic E-state index is 0.00745. The van der Waals surface area contributed by atoms with E-state index >= 15 is 0 Å². The Kier molecular flexibility index (Phi) is 5.07. The number of nitrogens with two attached hydrogens (primary N) is 1. The zero-order valence-electron chi connectivity index (χ0n) is 15.8. The SMILES string of the molecule is Cc1ccc(F)cc1-c1ccc2cc(NC(=O)C3CCN(N)CC3)ncc2c1. The Bertz CT molecular complexity index is 1030. The van der Waals surface area contributed by atoms with Crippen molar-refractivity contribution in [2.75, 3.05) is 18.4 Å². The Morgan fingerprint density at radius 1 is 1.14 bits per heavy atom. The summed E-state index contributed by atoms with van der Waals surface area (Å²) < 4.78 is 13.6. The molecule has 0 unspecified atom stereocenters. The van der Waals surface area contributed by atoms with E-state index < -0.39 is 0 Å². The molecule has 144 valence electrons. The number of hydrogen-bond acceptors (Lipinski definition) is 4. The predicted molar refractivity (Wildman–Crippen MR) is 109 cm³/mol. The fourth-order valence-corrected chi connectivity index (χ4v) is 3.67. The number of hydrazine groups is 1. The van der Waals surface area contributed by atoms with Crippen molar-refractivity contribution in [1.82, 2.24) is 9.99 Å². The molecular formula is C22H23FN4O. The van der Waals surface area contributed by atoms with Crippen molar-refractivity contribution in [3.05, 3.63) is 60.0 Å². The quantitative estimate of drug-likeness (QED) is 0.679. The maximum absolute atomic E-state index is 13.6. The topological polar surface area (TPSA) is 71.2 Å². The van der Waals surface area contributed by atoms with E-state index in [4.69, 9.17) is 5.84 Å². The van der Waals surface area contributed by atoms with Gasteiger partial charge in [-0.1, -0.05) is 18.2 Å². The molecule has 0 atom stereocenters. The van der Waals surface area contributed by atoms with Gasteiger partial charge in [-0.15, -0.1) is 0 Å². The first kappa shape index (κ1) is 18.5. The van der Waals surface area contributed by atoms with Crippen LogP contribution < -0.4 is 11.2 Å². The molecule has 2 heterocycles. The van der Waals surface area contributed by atoms with Gasteiger partial charge in [0.05, 0.1) is 0 Å². The van der Waals surface area contributed by atoms with Gasteiger partial charge in [0.2, 0.25) is 5.91 Å². The average Bonchev–Trinajstić information content (AvgIpc) is 2.70. The van der Waals surface area contributed by atoms with Crippen LogP contribution in [0.5, 0.6) is 0 Å². The van der Waals surface area contributed by atoms with E-state index in [0.717, 1.165) is 53.4 Å². The van der Waals surface area contributed by atoms with E-state index in [1.54, 1.807) is 23.3 Å². The highest BCUT2D eigenvalue weighted by Gasteiger charge is 2.24. The molecule has 1 aliphatic rings. The molecule has 5 nitrogen and oxygen atoms in total. The lowest BCUT2D eigenvalue weighted by molar-refractivity contribution is -0.121. The lowest BCUT2D eigenvalue weighted by atomic mass is 9.97.